The van der Waals surface area contributed by atoms with Gasteiger partial charge >= 0.3 is 5.97 Å². The normalized spacial score (nSPS) is 12.6. The zero-order chi connectivity index (χ0) is 12.6. The van der Waals surface area contributed by atoms with E-state index in [-0.39, 0.29) is 11.8 Å². The second-order valence-corrected chi connectivity index (χ2v) is 3.73. The van der Waals surface area contributed by atoms with E-state index in [0.717, 1.165) is 19.6 Å². The first-order valence-electron chi connectivity index (χ1n) is 5.96. The fraction of sp³-hybridized carbons (Fsp3) is 0.833. The summed E-state index contributed by atoms with van der Waals surface area (Å²) in [6.45, 7) is 10.3. The highest BCUT2D eigenvalue weighted by molar-refractivity contribution is 5.97. The summed E-state index contributed by atoms with van der Waals surface area (Å²) in [7, 11) is 0. The zero-order valence-electron chi connectivity index (χ0n) is 10.8. The fourth-order valence-electron chi connectivity index (χ4n) is 1.58. The quantitative estimate of drug-likeness (QED) is 0.467. The van der Waals surface area contributed by atoms with Crippen molar-refractivity contribution in [2.45, 2.75) is 34.1 Å². The molecule has 0 aliphatic carbocycles. The molecule has 0 saturated carbocycles. The molecule has 0 aromatic rings. The molecule has 0 radical (unpaired) electrons. The van der Waals surface area contributed by atoms with Crippen molar-refractivity contribution in [3.05, 3.63) is 0 Å². The van der Waals surface area contributed by atoms with E-state index in [9.17, 15) is 9.59 Å². The van der Waals surface area contributed by atoms with Crippen LogP contribution in [0.3, 0.4) is 0 Å². The van der Waals surface area contributed by atoms with Gasteiger partial charge in [-0.25, -0.2) is 0 Å². The first-order chi connectivity index (χ1) is 7.56. The number of ether oxygens (including phenoxy) is 1. The van der Waals surface area contributed by atoms with Gasteiger partial charge in [-0.1, -0.05) is 13.8 Å². The van der Waals surface area contributed by atoms with Crippen molar-refractivity contribution in [1.29, 1.82) is 0 Å². The van der Waals surface area contributed by atoms with E-state index in [2.05, 4.69) is 18.7 Å². The highest BCUT2D eigenvalue weighted by Crippen LogP contribution is 2.09. The van der Waals surface area contributed by atoms with Gasteiger partial charge in [0.1, 0.15) is 11.7 Å². The average Bonchev–Trinajstić information content (AvgIpc) is 2.24. The monoisotopic (exact) mass is 229 g/mol. The topological polar surface area (TPSA) is 46.6 Å². The van der Waals surface area contributed by atoms with Crippen molar-refractivity contribution in [1.82, 2.24) is 4.90 Å². The lowest BCUT2D eigenvalue weighted by molar-refractivity contribution is -0.151. The van der Waals surface area contributed by atoms with E-state index in [1.807, 2.05) is 0 Å². The molecule has 0 bridgehead atoms. The molecule has 0 saturated heterocycles. The summed E-state index contributed by atoms with van der Waals surface area (Å²) in [6.07, 6.45) is 0.551. The molecule has 0 aromatic heterocycles. The number of carbonyl (C=O) groups is 2. The zero-order valence-corrected chi connectivity index (χ0v) is 10.8. The van der Waals surface area contributed by atoms with E-state index in [4.69, 9.17) is 4.74 Å². The summed E-state index contributed by atoms with van der Waals surface area (Å²) in [4.78, 5) is 25.0. The molecular weight excluding hydrogens is 206 g/mol. The van der Waals surface area contributed by atoms with E-state index < -0.39 is 5.92 Å². The maximum Gasteiger partial charge on any atom is 0.316 e. The lowest BCUT2D eigenvalue weighted by atomic mass is 10.0. The molecule has 0 spiro atoms. The Bertz CT molecular complexity index is 224. The third kappa shape index (κ3) is 5.26. The van der Waals surface area contributed by atoms with Crippen LogP contribution in [0.2, 0.25) is 0 Å². The molecule has 0 amide bonds. The first kappa shape index (κ1) is 15.1. The molecule has 1 unspecified atom stereocenters. The summed E-state index contributed by atoms with van der Waals surface area (Å²) >= 11 is 0. The number of Topliss-reactive ketones (excluding diaryl/α,β-unsaturated/α-hetero) is 1. The van der Waals surface area contributed by atoms with Crippen molar-refractivity contribution in [2.75, 3.05) is 26.2 Å². The van der Waals surface area contributed by atoms with Gasteiger partial charge < -0.3 is 9.64 Å². The van der Waals surface area contributed by atoms with Crippen LogP contribution in [-0.2, 0) is 14.3 Å². The summed E-state index contributed by atoms with van der Waals surface area (Å²) in [5.41, 5.74) is 0. The lowest BCUT2D eigenvalue weighted by Crippen LogP contribution is -2.31. The molecule has 0 fully saturated rings. The maximum atomic E-state index is 11.5. The van der Waals surface area contributed by atoms with Gasteiger partial charge in [-0.15, -0.1) is 0 Å². The van der Waals surface area contributed by atoms with Crippen LogP contribution >= 0.6 is 0 Å². The Morgan fingerprint density at radius 3 is 2.12 bits per heavy atom. The number of carbonyl (C=O) groups excluding carboxylic acids is 2. The van der Waals surface area contributed by atoms with Gasteiger partial charge in [0.05, 0.1) is 6.61 Å². The van der Waals surface area contributed by atoms with Crippen molar-refractivity contribution >= 4 is 11.8 Å². The summed E-state index contributed by atoms with van der Waals surface area (Å²) in [5, 5.41) is 0. The smallest absolute Gasteiger partial charge is 0.316 e. The van der Waals surface area contributed by atoms with Gasteiger partial charge in [-0.3, -0.25) is 9.59 Å². The van der Waals surface area contributed by atoms with E-state index >= 15 is 0 Å². The summed E-state index contributed by atoms with van der Waals surface area (Å²) < 4.78 is 4.89. The van der Waals surface area contributed by atoms with Gasteiger partial charge in [-0.2, -0.15) is 0 Å². The SMILES string of the molecule is CCOC(=O)C(CCN(CC)CC)C(C)=O. The van der Waals surface area contributed by atoms with E-state index in [1.54, 1.807) is 6.92 Å². The molecule has 0 rings (SSSR count). The van der Waals surface area contributed by atoms with Crippen LogP contribution in [-0.4, -0.2) is 42.9 Å². The highest BCUT2D eigenvalue weighted by Gasteiger charge is 2.24. The number of esters is 1. The predicted molar refractivity (Wildman–Crippen MR) is 63.2 cm³/mol. The number of nitrogens with zero attached hydrogens (tertiary/aromatic N) is 1. The number of hydrogen-bond acceptors (Lipinski definition) is 4. The Morgan fingerprint density at radius 1 is 1.19 bits per heavy atom. The van der Waals surface area contributed by atoms with Crippen molar-refractivity contribution < 1.29 is 14.3 Å². The molecule has 0 N–H and O–H groups in total. The third-order valence-corrected chi connectivity index (χ3v) is 2.69. The van der Waals surface area contributed by atoms with E-state index in [1.165, 1.54) is 6.92 Å². The molecule has 0 aliphatic rings. The minimum Gasteiger partial charge on any atom is -0.465 e. The van der Waals surface area contributed by atoms with Gasteiger partial charge in [0.2, 0.25) is 0 Å². The first-order valence-corrected chi connectivity index (χ1v) is 5.96. The summed E-state index contributed by atoms with van der Waals surface area (Å²) in [6, 6.07) is 0. The van der Waals surface area contributed by atoms with Crippen LogP contribution in [0.5, 0.6) is 0 Å². The second-order valence-electron chi connectivity index (χ2n) is 3.73. The van der Waals surface area contributed by atoms with Crippen LogP contribution in [0, 0.1) is 5.92 Å². The molecule has 0 heterocycles. The molecule has 4 heteroatoms. The third-order valence-electron chi connectivity index (χ3n) is 2.69. The van der Waals surface area contributed by atoms with Crippen LogP contribution in [0.15, 0.2) is 0 Å². The molecule has 94 valence electrons. The Kier molecular flexibility index (Phi) is 7.81. The molecule has 0 aliphatic heterocycles. The predicted octanol–water partition coefficient (Wildman–Crippen LogP) is 1.49. The minimum absolute atomic E-state index is 0.106. The van der Waals surface area contributed by atoms with Crippen molar-refractivity contribution in [2.24, 2.45) is 5.92 Å². The average molecular weight is 229 g/mol. The van der Waals surface area contributed by atoms with Crippen LogP contribution in [0.25, 0.3) is 0 Å². The molecular formula is C12H23NO3. The number of hydrogen-bond donors (Lipinski definition) is 0. The Labute approximate surface area is 98.0 Å². The highest BCUT2D eigenvalue weighted by atomic mass is 16.5. The Hall–Kier alpha value is -0.900. The minimum atomic E-state index is -0.597. The van der Waals surface area contributed by atoms with Gasteiger partial charge in [0.25, 0.3) is 0 Å². The molecule has 4 nitrogen and oxygen atoms in total. The largest absolute Gasteiger partial charge is 0.465 e. The van der Waals surface area contributed by atoms with Gasteiger partial charge in [0, 0.05) is 0 Å². The van der Waals surface area contributed by atoms with E-state index in [0.29, 0.717) is 13.0 Å². The molecule has 16 heavy (non-hydrogen) atoms. The van der Waals surface area contributed by atoms with Crippen LogP contribution in [0.4, 0.5) is 0 Å². The fourth-order valence-corrected chi connectivity index (χ4v) is 1.58. The second kappa shape index (κ2) is 8.28. The Balaban J connectivity index is 4.23. The van der Waals surface area contributed by atoms with Crippen LogP contribution < -0.4 is 0 Å². The van der Waals surface area contributed by atoms with Crippen molar-refractivity contribution in [3.8, 4) is 0 Å². The van der Waals surface area contributed by atoms with Gasteiger partial charge in [0.15, 0.2) is 0 Å². The van der Waals surface area contributed by atoms with Crippen molar-refractivity contribution in [3.63, 3.8) is 0 Å². The number of ketones is 1. The Morgan fingerprint density at radius 2 is 1.75 bits per heavy atom. The number of rotatable bonds is 8. The standard InChI is InChI=1S/C12H23NO3/c1-5-13(6-2)9-8-11(10(4)14)12(15)16-7-3/h11H,5-9H2,1-4H3. The van der Waals surface area contributed by atoms with Crippen LogP contribution in [0.1, 0.15) is 34.1 Å². The molecule has 1 atom stereocenters. The summed E-state index contributed by atoms with van der Waals surface area (Å²) in [5.74, 6) is -1.09. The maximum absolute atomic E-state index is 11.5. The molecule has 0 aromatic carbocycles. The lowest BCUT2D eigenvalue weighted by Gasteiger charge is -2.20. The van der Waals surface area contributed by atoms with Gasteiger partial charge in [-0.05, 0) is 39.9 Å².